The highest BCUT2D eigenvalue weighted by molar-refractivity contribution is 5.98. The van der Waals surface area contributed by atoms with E-state index < -0.39 is 100 Å². The van der Waals surface area contributed by atoms with Crippen LogP contribution >= 0.6 is 0 Å². The molecule has 3 aromatic rings. The first-order valence-electron chi connectivity index (χ1n) is 21.3. The molecule has 9 rings (SSSR count). The lowest BCUT2D eigenvalue weighted by Crippen LogP contribution is -2.81. The minimum absolute atomic E-state index is 0.137. The molecule has 3 saturated carbocycles. The lowest BCUT2D eigenvalue weighted by Gasteiger charge is -2.68. The molecule has 2 bridgehead atoms. The fourth-order valence-electron chi connectivity index (χ4n) is 10.8. The Bertz CT molecular complexity index is 2350. The van der Waals surface area contributed by atoms with Crippen molar-refractivity contribution in [2.45, 2.75) is 115 Å². The van der Waals surface area contributed by atoms with Crippen molar-refractivity contribution in [3.63, 3.8) is 0 Å². The molecular weight excluding hydrogens is 799 g/mol. The van der Waals surface area contributed by atoms with E-state index in [1.807, 2.05) is 25.1 Å². The number of carbonyl (C=O) groups excluding carboxylic acids is 5. The predicted octanol–water partition coefficient (Wildman–Crippen LogP) is 6.05. The van der Waals surface area contributed by atoms with E-state index >= 15 is 4.79 Å². The Morgan fingerprint density at radius 3 is 2.19 bits per heavy atom. The van der Waals surface area contributed by atoms with Crippen LogP contribution in [0, 0.1) is 28.6 Å². The Balaban J connectivity index is 1.20. The summed E-state index contributed by atoms with van der Waals surface area (Å²) in [6, 6.07) is 19.7. The molecule has 326 valence electrons. The number of furan rings is 1. The molecule has 0 radical (unpaired) electrons. The summed E-state index contributed by atoms with van der Waals surface area (Å²) in [4.78, 5) is 76.6. The average molecular weight is 850 g/mol. The zero-order valence-electron chi connectivity index (χ0n) is 35.5. The highest BCUT2D eigenvalue weighted by atomic mass is 16.6. The van der Waals surface area contributed by atoms with Gasteiger partial charge in [0.2, 0.25) is 12.0 Å². The fraction of sp³-hybridized carbons (Fsp3) is 0.500. The van der Waals surface area contributed by atoms with Crippen molar-refractivity contribution in [3.05, 3.63) is 107 Å². The van der Waals surface area contributed by atoms with Crippen molar-refractivity contribution in [2.24, 2.45) is 33.6 Å². The van der Waals surface area contributed by atoms with E-state index in [-0.39, 0.29) is 42.4 Å². The van der Waals surface area contributed by atoms with Crippen molar-refractivity contribution >= 4 is 35.6 Å². The summed E-state index contributed by atoms with van der Waals surface area (Å²) >= 11 is 0. The molecular formula is C48H51NO13. The number of ketones is 1. The highest BCUT2D eigenvalue weighted by Gasteiger charge is 2.78. The minimum Gasteiger partial charge on any atom is -0.467 e. The first-order valence-corrected chi connectivity index (χ1v) is 21.3. The first-order chi connectivity index (χ1) is 29.5. The maximum absolute atomic E-state index is 15.8. The van der Waals surface area contributed by atoms with Crippen molar-refractivity contribution in [1.29, 1.82) is 0 Å². The number of nitrogens with zero attached hydrogens (tertiary/aromatic N) is 1. The second-order valence-corrected chi connectivity index (χ2v) is 18.5. The Kier molecular flexibility index (Phi) is 10.1. The molecule has 2 aliphatic heterocycles. The lowest BCUT2D eigenvalue weighted by molar-refractivity contribution is -0.341. The van der Waals surface area contributed by atoms with Crippen LogP contribution in [0.1, 0.15) is 94.9 Å². The summed E-state index contributed by atoms with van der Waals surface area (Å²) in [6.07, 6.45) is -3.83. The third-order valence-electron chi connectivity index (χ3n) is 14.6. The molecule has 62 heavy (non-hydrogen) atoms. The van der Waals surface area contributed by atoms with Crippen LogP contribution in [0.4, 0.5) is 0 Å². The summed E-state index contributed by atoms with van der Waals surface area (Å²) in [6.45, 7) is 9.69. The van der Waals surface area contributed by atoms with Crippen LogP contribution in [0.2, 0.25) is 0 Å². The Hall–Kier alpha value is -5.60. The molecule has 6 aliphatic rings. The van der Waals surface area contributed by atoms with Crippen LogP contribution in [-0.4, -0.2) is 89.0 Å². The number of aliphatic imine (C=N–C) groups is 1. The van der Waals surface area contributed by atoms with E-state index in [2.05, 4.69) is 0 Å². The topological polar surface area (TPSA) is 186 Å². The molecule has 1 N–H and O–H groups in total. The number of aliphatic hydroxyl groups is 1. The molecule has 1 aromatic heterocycles. The van der Waals surface area contributed by atoms with E-state index in [9.17, 15) is 24.3 Å². The van der Waals surface area contributed by atoms with Crippen molar-refractivity contribution in [1.82, 2.24) is 0 Å². The number of hydrogen-bond acceptors (Lipinski definition) is 14. The molecule has 0 amide bonds. The third kappa shape index (κ3) is 6.42. The normalized spacial score (nSPS) is 35.7. The molecule has 4 fully saturated rings. The summed E-state index contributed by atoms with van der Waals surface area (Å²) in [5.74, 6) is -4.96. The summed E-state index contributed by atoms with van der Waals surface area (Å²) in [5, 5.41) is 13.9. The van der Waals surface area contributed by atoms with E-state index in [4.69, 9.17) is 37.8 Å². The maximum atomic E-state index is 15.8. The second-order valence-electron chi connectivity index (χ2n) is 18.5. The number of ether oxygens (including phenoxy) is 6. The molecule has 2 aromatic carbocycles. The van der Waals surface area contributed by atoms with Crippen LogP contribution in [0.25, 0.3) is 0 Å². The molecule has 3 heterocycles. The van der Waals surface area contributed by atoms with Gasteiger partial charge in [-0.2, -0.15) is 0 Å². The third-order valence-corrected chi connectivity index (χ3v) is 14.6. The van der Waals surface area contributed by atoms with Gasteiger partial charge in [0.25, 0.3) is 0 Å². The van der Waals surface area contributed by atoms with Crippen LogP contribution in [0.5, 0.6) is 0 Å². The Morgan fingerprint density at radius 2 is 1.58 bits per heavy atom. The number of carbonyl (C=O) groups is 5. The molecule has 0 spiro atoms. The smallest absolute Gasteiger partial charge is 0.350 e. The first kappa shape index (κ1) is 41.7. The van der Waals surface area contributed by atoms with Gasteiger partial charge in [-0.25, -0.2) is 14.6 Å². The summed E-state index contributed by atoms with van der Waals surface area (Å²) in [5.41, 5.74) is -5.44. The van der Waals surface area contributed by atoms with Gasteiger partial charge in [-0.05, 0) is 79.6 Å². The summed E-state index contributed by atoms with van der Waals surface area (Å²) in [7, 11) is 0. The maximum Gasteiger partial charge on any atom is 0.350 e. The SMILES string of the molecule is CC(=O)O[C@H]1C(=O)[C@@]2(C)C([C@H](OC(=O)c3ccccc3)[C@]3(O)CC(OC(=O)[C@@H]4OC(c5ccccc5)=NC4c4ccco4)C(C)=C1C3(C)C)[C@]1(OC(=O)C3CC3)CO[C@@H]1C[C@@H]2C. The van der Waals surface area contributed by atoms with Crippen molar-refractivity contribution < 1.29 is 61.9 Å². The molecule has 4 aliphatic carbocycles. The van der Waals surface area contributed by atoms with Gasteiger partial charge in [-0.15, -0.1) is 0 Å². The molecule has 1 saturated heterocycles. The van der Waals surface area contributed by atoms with Gasteiger partial charge in [0, 0.05) is 29.7 Å². The van der Waals surface area contributed by atoms with E-state index in [0.29, 0.717) is 29.7 Å². The van der Waals surface area contributed by atoms with E-state index in [1.165, 1.54) is 13.2 Å². The van der Waals surface area contributed by atoms with Gasteiger partial charge in [-0.3, -0.25) is 14.4 Å². The molecule has 14 heteroatoms. The van der Waals surface area contributed by atoms with Crippen LogP contribution < -0.4 is 0 Å². The molecule has 11 atom stereocenters. The van der Waals surface area contributed by atoms with Gasteiger partial charge >= 0.3 is 23.9 Å². The summed E-state index contributed by atoms with van der Waals surface area (Å²) < 4.78 is 43.7. The zero-order valence-corrected chi connectivity index (χ0v) is 35.5. The van der Waals surface area contributed by atoms with Crippen molar-refractivity contribution in [3.8, 4) is 0 Å². The molecule has 14 nitrogen and oxygen atoms in total. The predicted molar refractivity (Wildman–Crippen MR) is 218 cm³/mol. The largest absolute Gasteiger partial charge is 0.467 e. The van der Waals surface area contributed by atoms with Crippen LogP contribution in [-0.2, 0) is 47.6 Å². The quantitative estimate of drug-likeness (QED) is 0.149. The highest BCUT2D eigenvalue weighted by Crippen LogP contribution is 2.66. The van der Waals surface area contributed by atoms with Gasteiger partial charge < -0.3 is 37.9 Å². The standard InChI is InChI=1S/C48H51NO13/c1-25-22-33-47(24-57-33,62-43(53)30-19-20-30)38-40(61-42(52)29-16-11-8-12-17-29)48(55)23-32(26(2)34(45(48,4)5)36(58-27(3)50)39(51)46(25,38)6)59-44(54)37-35(31-18-13-21-56-31)49-41(60-37)28-14-9-7-10-15-28/h7-18,21,25,30,32-33,35-38,40,55H,19-20,22-24H2,1-6H3/t25-,32?,33+,35?,36+,37+,38?,40-,46+,47-,48+/m0/s1. The lowest BCUT2D eigenvalue weighted by atomic mass is 9.43. The zero-order chi connectivity index (χ0) is 43.9. The number of Topliss-reactive ketones (excluding diaryl/α,β-unsaturated/α-hetero) is 1. The monoisotopic (exact) mass is 849 g/mol. The minimum atomic E-state index is -2.19. The van der Waals surface area contributed by atoms with Gasteiger partial charge in [0.05, 0.1) is 30.3 Å². The van der Waals surface area contributed by atoms with Crippen molar-refractivity contribution in [2.75, 3.05) is 6.61 Å². The van der Waals surface area contributed by atoms with Crippen LogP contribution in [0.15, 0.2) is 99.6 Å². The number of rotatable bonds is 9. The van der Waals surface area contributed by atoms with E-state index in [0.717, 1.165) is 0 Å². The van der Waals surface area contributed by atoms with Gasteiger partial charge in [0.15, 0.2) is 23.5 Å². The number of hydrogen-bond donors (Lipinski definition) is 1. The average Bonchev–Trinajstić information content (AvgIpc) is 3.77. The fourth-order valence-corrected chi connectivity index (χ4v) is 10.8. The Labute approximate surface area is 358 Å². The van der Waals surface area contributed by atoms with E-state index in [1.54, 1.807) is 82.3 Å². The van der Waals surface area contributed by atoms with Gasteiger partial charge in [-0.1, -0.05) is 64.1 Å². The van der Waals surface area contributed by atoms with Gasteiger partial charge in [0.1, 0.15) is 29.7 Å². The second kappa shape index (κ2) is 15.0. The number of benzene rings is 2. The Morgan fingerprint density at radius 1 is 0.887 bits per heavy atom. The number of fused-ring (bicyclic) bond motifs is 5. The number of esters is 4. The molecule has 3 unspecified atom stereocenters. The van der Waals surface area contributed by atoms with Crippen LogP contribution in [0.3, 0.4) is 0 Å².